The van der Waals surface area contributed by atoms with Crippen molar-refractivity contribution in [3.63, 3.8) is 0 Å². The molecule has 180 valence electrons. The predicted octanol–water partition coefficient (Wildman–Crippen LogP) is 6.24. The standard InChI is InChI=1S/C24H25Cl2N3O4S/c1-6-11-28(3)23(31)21-14(2)34-24(27-21)29(16-8-10-19(32-4)20(13-16)33-5)22(30)17-9-7-15(25)12-18(17)26/h7-10,12-13H,6,11H2,1-5H3. The largest absolute Gasteiger partial charge is 0.493 e. The van der Waals surface area contributed by atoms with E-state index in [1.165, 1.54) is 36.5 Å². The van der Waals surface area contributed by atoms with Crippen LogP contribution >= 0.6 is 34.5 Å². The lowest BCUT2D eigenvalue weighted by atomic mass is 10.1. The first-order valence-corrected chi connectivity index (χ1v) is 12.0. The second-order valence-corrected chi connectivity index (χ2v) is 9.46. The van der Waals surface area contributed by atoms with Crippen LogP contribution in [0.5, 0.6) is 11.5 Å². The van der Waals surface area contributed by atoms with Crippen molar-refractivity contribution in [1.29, 1.82) is 0 Å². The fourth-order valence-corrected chi connectivity index (χ4v) is 4.77. The molecule has 2 aromatic carbocycles. The van der Waals surface area contributed by atoms with E-state index in [0.717, 1.165) is 6.42 Å². The highest BCUT2D eigenvalue weighted by atomic mass is 35.5. The molecule has 0 spiro atoms. The second-order valence-electron chi connectivity index (χ2n) is 7.43. The maximum Gasteiger partial charge on any atom is 0.273 e. The fourth-order valence-electron chi connectivity index (χ4n) is 3.36. The zero-order chi connectivity index (χ0) is 25.0. The minimum Gasteiger partial charge on any atom is -0.493 e. The quantitative estimate of drug-likeness (QED) is 0.351. The zero-order valence-corrected chi connectivity index (χ0v) is 21.8. The molecule has 10 heteroatoms. The van der Waals surface area contributed by atoms with Crippen LogP contribution in [0, 0.1) is 6.92 Å². The van der Waals surface area contributed by atoms with Crippen LogP contribution in [0.3, 0.4) is 0 Å². The van der Waals surface area contributed by atoms with E-state index in [9.17, 15) is 9.59 Å². The van der Waals surface area contributed by atoms with Crippen molar-refractivity contribution >= 4 is 57.2 Å². The van der Waals surface area contributed by atoms with Crippen LogP contribution in [0.25, 0.3) is 0 Å². The van der Waals surface area contributed by atoms with Gasteiger partial charge in [-0.25, -0.2) is 4.98 Å². The summed E-state index contributed by atoms with van der Waals surface area (Å²) in [5.41, 5.74) is 1.02. The maximum atomic E-state index is 13.8. The summed E-state index contributed by atoms with van der Waals surface area (Å²) in [5.74, 6) is 0.317. The highest BCUT2D eigenvalue weighted by molar-refractivity contribution is 7.16. The van der Waals surface area contributed by atoms with Crippen molar-refractivity contribution in [1.82, 2.24) is 9.88 Å². The van der Waals surface area contributed by atoms with Gasteiger partial charge >= 0.3 is 0 Å². The van der Waals surface area contributed by atoms with Crippen LogP contribution in [-0.4, -0.2) is 49.5 Å². The SMILES string of the molecule is CCCN(C)C(=O)c1nc(N(C(=O)c2ccc(Cl)cc2Cl)c2ccc(OC)c(OC)c2)sc1C. The number of nitrogens with zero attached hydrogens (tertiary/aromatic N) is 3. The lowest BCUT2D eigenvalue weighted by Crippen LogP contribution is -2.29. The summed E-state index contributed by atoms with van der Waals surface area (Å²) in [4.78, 5) is 35.0. The predicted molar refractivity (Wildman–Crippen MR) is 137 cm³/mol. The minimum atomic E-state index is -0.427. The molecule has 0 N–H and O–H groups in total. The van der Waals surface area contributed by atoms with Crippen molar-refractivity contribution in [3.05, 3.63) is 62.6 Å². The Morgan fingerprint density at radius 1 is 1.03 bits per heavy atom. The Morgan fingerprint density at radius 2 is 1.74 bits per heavy atom. The molecule has 7 nitrogen and oxygen atoms in total. The number of benzene rings is 2. The fraction of sp³-hybridized carbons (Fsp3) is 0.292. The Kier molecular flexibility index (Phi) is 8.41. The zero-order valence-electron chi connectivity index (χ0n) is 19.5. The van der Waals surface area contributed by atoms with Gasteiger partial charge in [-0.15, -0.1) is 11.3 Å². The van der Waals surface area contributed by atoms with Gasteiger partial charge in [-0.1, -0.05) is 30.1 Å². The number of aryl methyl sites for hydroxylation is 1. The third-order valence-electron chi connectivity index (χ3n) is 5.07. The topological polar surface area (TPSA) is 72.0 Å². The number of thiazole rings is 1. The van der Waals surface area contributed by atoms with E-state index in [1.807, 2.05) is 6.92 Å². The summed E-state index contributed by atoms with van der Waals surface area (Å²) in [6, 6.07) is 9.73. The molecule has 0 aliphatic rings. The van der Waals surface area contributed by atoms with E-state index in [2.05, 4.69) is 4.98 Å². The van der Waals surface area contributed by atoms with Gasteiger partial charge in [0.25, 0.3) is 11.8 Å². The van der Waals surface area contributed by atoms with E-state index in [0.29, 0.717) is 44.5 Å². The number of ether oxygens (including phenoxy) is 2. The Morgan fingerprint density at radius 3 is 2.35 bits per heavy atom. The van der Waals surface area contributed by atoms with Gasteiger partial charge in [0.15, 0.2) is 16.6 Å². The van der Waals surface area contributed by atoms with Gasteiger partial charge in [0.2, 0.25) is 0 Å². The molecule has 3 aromatic rings. The van der Waals surface area contributed by atoms with E-state index < -0.39 is 5.91 Å². The number of methoxy groups -OCH3 is 2. The molecule has 3 rings (SSSR count). The van der Waals surface area contributed by atoms with Gasteiger partial charge in [-0.05, 0) is 43.7 Å². The molecule has 0 atom stereocenters. The van der Waals surface area contributed by atoms with Crippen molar-refractivity contribution in [2.24, 2.45) is 0 Å². The first kappa shape index (κ1) is 25.8. The molecule has 0 unspecified atom stereocenters. The van der Waals surface area contributed by atoms with Gasteiger partial charge in [0.1, 0.15) is 5.69 Å². The number of halogens is 2. The van der Waals surface area contributed by atoms with Crippen LogP contribution in [0.4, 0.5) is 10.8 Å². The minimum absolute atomic E-state index is 0.203. The van der Waals surface area contributed by atoms with Crippen LogP contribution in [-0.2, 0) is 0 Å². The number of aromatic nitrogens is 1. The van der Waals surface area contributed by atoms with Crippen molar-refractivity contribution in [3.8, 4) is 11.5 Å². The van der Waals surface area contributed by atoms with Crippen molar-refractivity contribution in [2.75, 3.05) is 32.7 Å². The van der Waals surface area contributed by atoms with Gasteiger partial charge in [0, 0.05) is 29.6 Å². The molecule has 0 radical (unpaired) electrons. The molecular formula is C24H25Cl2N3O4S. The van der Waals surface area contributed by atoms with Crippen LogP contribution in [0.1, 0.15) is 39.1 Å². The number of carbonyl (C=O) groups is 2. The van der Waals surface area contributed by atoms with E-state index in [-0.39, 0.29) is 16.5 Å². The van der Waals surface area contributed by atoms with Gasteiger partial charge < -0.3 is 14.4 Å². The molecule has 0 fully saturated rings. The Balaban J connectivity index is 2.16. The van der Waals surface area contributed by atoms with Gasteiger partial charge in [-0.2, -0.15) is 0 Å². The first-order chi connectivity index (χ1) is 16.2. The van der Waals surface area contributed by atoms with Crippen LogP contribution in [0.15, 0.2) is 36.4 Å². The summed E-state index contributed by atoms with van der Waals surface area (Å²) in [7, 11) is 4.77. The average Bonchev–Trinajstić information content (AvgIpc) is 3.19. The number of hydrogen-bond donors (Lipinski definition) is 0. The van der Waals surface area contributed by atoms with Crippen LogP contribution in [0.2, 0.25) is 10.0 Å². The Labute approximate surface area is 212 Å². The summed E-state index contributed by atoms with van der Waals surface area (Å²) in [6.07, 6.45) is 0.823. The van der Waals surface area contributed by atoms with Gasteiger partial charge in [-0.3, -0.25) is 14.5 Å². The van der Waals surface area contributed by atoms with Gasteiger partial charge in [0.05, 0.1) is 30.5 Å². The van der Waals surface area contributed by atoms with E-state index in [4.69, 9.17) is 32.7 Å². The lowest BCUT2D eigenvalue weighted by Gasteiger charge is -2.22. The van der Waals surface area contributed by atoms with Crippen LogP contribution < -0.4 is 14.4 Å². The highest BCUT2D eigenvalue weighted by Crippen LogP contribution is 2.38. The summed E-state index contributed by atoms with van der Waals surface area (Å²) in [5, 5.41) is 0.945. The summed E-state index contributed by atoms with van der Waals surface area (Å²) >= 11 is 13.6. The molecule has 1 aromatic heterocycles. The summed E-state index contributed by atoms with van der Waals surface area (Å²) in [6.45, 7) is 4.40. The highest BCUT2D eigenvalue weighted by Gasteiger charge is 2.28. The smallest absolute Gasteiger partial charge is 0.273 e. The molecular weight excluding hydrogens is 497 g/mol. The number of rotatable bonds is 8. The molecule has 0 aliphatic carbocycles. The Hall–Kier alpha value is -2.81. The second kappa shape index (κ2) is 11.1. The first-order valence-electron chi connectivity index (χ1n) is 10.5. The molecule has 34 heavy (non-hydrogen) atoms. The number of carbonyl (C=O) groups excluding carboxylic acids is 2. The number of hydrogen-bond acceptors (Lipinski definition) is 6. The third kappa shape index (κ3) is 5.29. The molecule has 0 saturated carbocycles. The molecule has 2 amide bonds. The third-order valence-corrected chi connectivity index (χ3v) is 6.58. The molecule has 0 aliphatic heterocycles. The lowest BCUT2D eigenvalue weighted by molar-refractivity contribution is 0.0789. The average molecular weight is 522 g/mol. The Bertz CT molecular complexity index is 1210. The molecule has 0 saturated heterocycles. The monoisotopic (exact) mass is 521 g/mol. The van der Waals surface area contributed by atoms with Crippen molar-refractivity contribution < 1.29 is 19.1 Å². The number of anilines is 2. The maximum absolute atomic E-state index is 13.8. The molecule has 1 heterocycles. The van der Waals surface area contributed by atoms with E-state index >= 15 is 0 Å². The number of amides is 2. The normalized spacial score (nSPS) is 10.7. The van der Waals surface area contributed by atoms with E-state index in [1.54, 1.807) is 49.2 Å². The summed E-state index contributed by atoms with van der Waals surface area (Å²) < 4.78 is 10.8. The molecule has 0 bridgehead atoms. The van der Waals surface area contributed by atoms with Crippen molar-refractivity contribution in [2.45, 2.75) is 20.3 Å².